The van der Waals surface area contributed by atoms with Crippen molar-refractivity contribution >= 4 is 28.3 Å². The van der Waals surface area contributed by atoms with Crippen LogP contribution in [0.15, 0.2) is 71.3 Å². The molecule has 1 atom stereocenters. The van der Waals surface area contributed by atoms with Crippen LogP contribution >= 0.6 is 0 Å². The molecule has 0 aliphatic heterocycles. The number of fused-ring (bicyclic) bond motifs is 2. The van der Waals surface area contributed by atoms with Crippen LogP contribution in [0.25, 0.3) is 17.0 Å². The maximum absolute atomic E-state index is 13.3. The molecule has 0 saturated heterocycles. The summed E-state index contributed by atoms with van der Waals surface area (Å²) in [5.74, 6) is 2.62. The topological polar surface area (TPSA) is 98.0 Å². The number of anilines is 2. The van der Waals surface area contributed by atoms with Gasteiger partial charge < -0.3 is 19.5 Å². The third-order valence-corrected chi connectivity index (χ3v) is 6.01. The Morgan fingerprint density at radius 1 is 1.09 bits per heavy atom. The summed E-state index contributed by atoms with van der Waals surface area (Å²) in [5.41, 5.74) is 3.96. The lowest BCUT2D eigenvalue weighted by Gasteiger charge is -2.20. The smallest absolute Gasteiger partial charge is 0.229 e. The van der Waals surface area contributed by atoms with Crippen molar-refractivity contribution in [3.05, 3.63) is 83.9 Å². The molecule has 1 aliphatic rings. The normalized spacial score (nSPS) is 15.5. The summed E-state index contributed by atoms with van der Waals surface area (Å²) in [4.78, 5) is 21.4. The number of carbonyl (C=O) groups excluding carboxylic acids is 1. The minimum absolute atomic E-state index is 0.0241. The van der Waals surface area contributed by atoms with E-state index in [1.807, 2.05) is 60.7 Å². The van der Waals surface area contributed by atoms with Gasteiger partial charge in [-0.2, -0.15) is 0 Å². The van der Waals surface area contributed by atoms with E-state index in [0.29, 0.717) is 30.2 Å². The Bertz CT molecular complexity index is 1410. The number of para-hydroxylation sites is 2. The van der Waals surface area contributed by atoms with Crippen molar-refractivity contribution in [2.75, 3.05) is 12.4 Å². The van der Waals surface area contributed by atoms with Gasteiger partial charge in [0.1, 0.15) is 11.5 Å². The van der Waals surface area contributed by atoms with Crippen LogP contribution in [0.5, 0.6) is 5.75 Å². The predicted molar refractivity (Wildman–Crippen MR) is 124 cm³/mol. The number of methoxy groups -OCH3 is 1. The number of aromatic amines is 1. The van der Waals surface area contributed by atoms with Crippen molar-refractivity contribution in [1.82, 2.24) is 19.7 Å². The molecule has 33 heavy (non-hydrogen) atoms. The average molecular weight is 439 g/mol. The predicted octanol–water partition coefficient (Wildman–Crippen LogP) is 5.01. The minimum atomic E-state index is -0.0475. The molecule has 0 bridgehead atoms. The van der Waals surface area contributed by atoms with Gasteiger partial charge in [-0.1, -0.05) is 12.1 Å². The molecule has 0 spiro atoms. The molecule has 3 heterocycles. The molecule has 2 N–H and O–H groups in total. The number of Topliss-reactive ketones (excluding diaryl/α,β-unsaturated/α-hetero) is 1. The summed E-state index contributed by atoms with van der Waals surface area (Å²) in [6, 6.07) is 19.1. The van der Waals surface area contributed by atoms with E-state index in [2.05, 4.69) is 10.3 Å². The number of rotatable bonds is 5. The van der Waals surface area contributed by atoms with E-state index in [4.69, 9.17) is 19.2 Å². The summed E-state index contributed by atoms with van der Waals surface area (Å²) >= 11 is 0. The van der Waals surface area contributed by atoms with Crippen molar-refractivity contribution in [1.29, 1.82) is 0 Å². The van der Waals surface area contributed by atoms with Gasteiger partial charge in [-0.15, -0.1) is 5.10 Å². The molecule has 0 fully saturated rings. The number of furan rings is 1. The summed E-state index contributed by atoms with van der Waals surface area (Å²) in [6.45, 7) is 0. The van der Waals surface area contributed by atoms with E-state index in [0.717, 1.165) is 33.9 Å². The number of carbonyl (C=O) groups is 1. The van der Waals surface area contributed by atoms with Crippen LogP contribution in [0.1, 0.15) is 34.2 Å². The van der Waals surface area contributed by atoms with Crippen LogP contribution in [0.4, 0.5) is 11.5 Å². The first kappa shape index (κ1) is 19.4. The number of ether oxygens (including phenoxy) is 1. The van der Waals surface area contributed by atoms with Crippen molar-refractivity contribution in [3.8, 4) is 11.7 Å². The number of hydrogen-bond acceptors (Lipinski definition) is 6. The number of nitrogens with zero attached hydrogens (tertiary/aromatic N) is 3. The number of benzene rings is 2. The molecule has 3 aromatic heterocycles. The number of nitrogens with one attached hydrogen (secondary N) is 2. The molecule has 6 rings (SSSR count). The van der Waals surface area contributed by atoms with E-state index in [9.17, 15) is 4.79 Å². The molecular weight excluding hydrogens is 418 g/mol. The highest BCUT2D eigenvalue weighted by Crippen LogP contribution is 2.38. The monoisotopic (exact) mass is 439 g/mol. The molecule has 1 aliphatic carbocycles. The second-order valence-corrected chi connectivity index (χ2v) is 8.06. The Labute approximate surface area is 189 Å². The largest absolute Gasteiger partial charge is 0.497 e. The summed E-state index contributed by atoms with van der Waals surface area (Å²) in [6.07, 6.45) is 2.62. The van der Waals surface area contributed by atoms with Crippen molar-refractivity contribution < 1.29 is 13.9 Å². The zero-order chi connectivity index (χ0) is 22.4. The molecule has 0 radical (unpaired) electrons. The van der Waals surface area contributed by atoms with Gasteiger partial charge in [0.2, 0.25) is 5.95 Å². The van der Waals surface area contributed by atoms with Crippen molar-refractivity contribution in [2.24, 2.45) is 0 Å². The summed E-state index contributed by atoms with van der Waals surface area (Å²) in [5, 5.41) is 8.10. The number of H-pyrrole nitrogens is 1. The van der Waals surface area contributed by atoms with E-state index in [1.54, 1.807) is 18.1 Å². The SMILES string of the molecule is COc1ccc(Nc2nn(-c3nc4ccccc4[nH]3)c3c2C(=O)CC(c2ccco2)C3)cc1. The molecule has 8 heteroatoms. The molecule has 1 unspecified atom stereocenters. The summed E-state index contributed by atoms with van der Waals surface area (Å²) in [7, 11) is 1.63. The van der Waals surface area contributed by atoms with Gasteiger partial charge in [-0.05, 0) is 48.5 Å². The highest BCUT2D eigenvalue weighted by Gasteiger charge is 2.35. The Balaban J connectivity index is 1.46. The fraction of sp³-hybridized carbons (Fsp3) is 0.160. The number of ketones is 1. The van der Waals surface area contributed by atoms with E-state index in [-0.39, 0.29) is 11.7 Å². The van der Waals surface area contributed by atoms with Gasteiger partial charge in [0.05, 0.1) is 35.7 Å². The van der Waals surface area contributed by atoms with Crippen molar-refractivity contribution in [2.45, 2.75) is 18.8 Å². The van der Waals surface area contributed by atoms with Crippen LogP contribution in [0.2, 0.25) is 0 Å². The Morgan fingerprint density at radius 2 is 1.94 bits per heavy atom. The lowest BCUT2D eigenvalue weighted by Crippen LogP contribution is -2.20. The lowest BCUT2D eigenvalue weighted by atomic mass is 9.85. The molecular formula is C25H21N5O3. The van der Waals surface area contributed by atoms with E-state index >= 15 is 0 Å². The standard InChI is InChI=1S/C25H21N5O3/c1-32-17-10-8-16(9-11-17)26-24-23-20(13-15(14-21(23)31)22-7-4-12-33-22)30(29-24)25-27-18-5-2-3-6-19(18)28-25/h2-12,15H,13-14H2,1H3,(H,26,29)(H,27,28). The second kappa shape index (κ2) is 7.67. The van der Waals surface area contributed by atoms with Gasteiger partial charge in [-0.25, -0.2) is 9.67 Å². The first-order chi connectivity index (χ1) is 16.2. The zero-order valence-electron chi connectivity index (χ0n) is 17.9. The Hall–Kier alpha value is -4.33. The van der Waals surface area contributed by atoms with Crippen LogP contribution in [-0.2, 0) is 6.42 Å². The van der Waals surface area contributed by atoms with Gasteiger partial charge in [0, 0.05) is 24.4 Å². The molecule has 8 nitrogen and oxygen atoms in total. The van der Waals surface area contributed by atoms with Crippen LogP contribution in [0, 0.1) is 0 Å². The third-order valence-electron chi connectivity index (χ3n) is 6.01. The van der Waals surface area contributed by atoms with Crippen LogP contribution in [-0.4, -0.2) is 32.6 Å². The van der Waals surface area contributed by atoms with Gasteiger partial charge in [-0.3, -0.25) is 4.79 Å². The molecule has 0 saturated carbocycles. The maximum Gasteiger partial charge on any atom is 0.229 e. The molecule has 2 aromatic carbocycles. The fourth-order valence-corrected chi connectivity index (χ4v) is 4.40. The zero-order valence-corrected chi connectivity index (χ0v) is 17.9. The summed E-state index contributed by atoms with van der Waals surface area (Å²) < 4.78 is 12.6. The first-order valence-corrected chi connectivity index (χ1v) is 10.7. The van der Waals surface area contributed by atoms with Crippen LogP contribution < -0.4 is 10.1 Å². The second-order valence-electron chi connectivity index (χ2n) is 8.06. The number of hydrogen-bond donors (Lipinski definition) is 2. The minimum Gasteiger partial charge on any atom is -0.497 e. The highest BCUT2D eigenvalue weighted by atomic mass is 16.5. The Kier molecular flexibility index (Phi) is 4.50. The van der Waals surface area contributed by atoms with E-state index in [1.165, 1.54) is 0 Å². The molecule has 164 valence electrons. The Morgan fingerprint density at radius 3 is 2.70 bits per heavy atom. The number of aromatic nitrogens is 4. The highest BCUT2D eigenvalue weighted by molar-refractivity contribution is 6.03. The fourth-order valence-electron chi connectivity index (χ4n) is 4.40. The molecule has 5 aromatic rings. The third kappa shape index (κ3) is 3.36. The average Bonchev–Trinajstić information content (AvgIpc) is 3.58. The maximum atomic E-state index is 13.3. The number of imidazole rings is 1. The van der Waals surface area contributed by atoms with Crippen molar-refractivity contribution in [3.63, 3.8) is 0 Å². The van der Waals surface area contributed by atoms with Crippen LogP contribution in [0.3, 0.4) is 0 Å². The van der Waals surface area contributed by atoms with Gasteiger partial charge in [0.15, 0.2) is 11.6 Å². The lowest BCUT2D eigenvalue weighted by molar-refractivity contribution is 0.0960. The quantitative estimate of drug-likeness (QED) is 0.400. The van der Waals surface area contributed by atoms with E-state index < -0.39 is 0 Å². The molecule has 0 amide bonds. The van der Waals surface area contributed by atoms with Gasteiger partial charge >= 0.3 is 0 Å². The van der Waals surface area contributed by atoms with Gasteiger partial charge in [0.25, 0.3) is 0 Å². The first-order valence-electron chi connectivity index (χ1n) is 10.7.